The lowest BCUT2D eigenvalue weighted by molar-refractivity contribution is 0.890. The average Bonchev–Trinajstić information content (AvgIpc) is 2.49. The highest BCUT2D eigenvalue weighted by molar-refractivity contribution is 7.19. The zero-order valence-electron chi connectivity index (χ0n) is 8.03. The molecule has 0 amide bonds. The van der Waals surface area contributed by atoms with Gasteiger partial charge in [0.15, 0.2) is 0 Å². The van der Waals surface area contributed by atoms with E-state index in [0.29, 0.717) is 5.92 Å². The first-order valence-electron chi connectivity index (χ1n) is 4.39. The summed E-state index contributed by atoms with van der Waals surface area (Å²) in [6, 6.07) is 2.17. The summed E-state index contributed by atoms with van der Waals surface area (Å²) in [4.78, 5) is 9.81. The quantitative estimate of drug-likeness (QED) is 0.693. The lowest BCUT2D eigenvalue weighted by Crippen LogP contribution is -1.81. The Bertz CT molecular complexity index is 431. The lowest BCUT2D eigenvalue weighted by atomic mass is 10.2. The number of aromatic nitrogens is 2. The number of hydrogen-bond acceptors (Lipinski definition) is 3. The highest BCUT2D eigenvalue weighted by atomic mass is 32.1. The Morgan fingerprint density at radius 2 is 2.08 bits per heavy atom. The van der Waals surface area contributed by atoms with Gasteiger partial charge in [-0.05, 0) is 18.9 Å². The van der Waals surface area contributed by atoms with E-state index in [1.807, 2.05) is 6.92 Å². The minimum absolute atomic E-state index is 0.582. The Morgan fingerprint density at radius 3 is 2.69 bits per heavy atom. The zero-order valence-corrected chi connectivity index (χ0v) is 8.85. The van der Waals surface area contributed by atoms with Crippen molar-refractivity contribution in [2.45, 2.75) is 26.7 Å². The third-order valence-electron chi connectivity index (χ3n) is 2.08. The molecule has 0 unspecified atom stereocenters. The number of nitrogens with zero attached hydrogens (tertiary/aromatic N) is 2. The molecule has 2 heterocycles. The Morgan fingerprint density at radius 1 is 1.31 bits per heavy atom. The summed E-state index contributed by atoms with van der Waals surface area (Å²) in [6.07, 6.45) is 1.63. The Balaban J connectivity index is 2.68. The maximum Gasteiger partial charge on any atom is 0.116 e. The first-order chi connectivity index (χ1) is 6.18. The van der Waals surface area contributed by atoms with Crippen LogP contribution < -0.4 is 0 Å². The molecule has 2 rings (SSSR count). The van der Waals surface area contributed by atoms with Gasteiger partial charge < -0.3 is 0 Å². The molecule has 2 aromatic heterocycles. The Kier molecular flexibility index (Phi) is 2.04. The fraction of sp³-hybridized carbons (Fsp3) is 0.400. The van der Waals surface area contributed by atoms with Crippen molar-refractivity contribution >= 4 is 21.6 Å². The van der Waals surface area contributed by atoms with E-state index in [2.05, 4.69) is 29.9 Å². The van der Waals surface area contributed by atoms with E-state index >= 15 is 0 Å². The minimum Gasteiger partial charge on any atom is -0.240 e. The molecule has 0 spiro atoms. The van der Waals surface area contributed by atoms with Gasteiger partial charge >= 0.3 is 0 Å². The van der Waals surface area contributed by atoms with E-state index in [1.54, 1.807) is 17.7 Å². The largest absolute Gasteiger partial charge is 0.240 e. The summed E-state index contributed by atoms with van der Waals surface area (Å²) in [6.45, 7) is 6.44. The van der Waals surface area contributed by atoms with Crippen molar-refractivity contribution in [2.24, 2.45) is 0 Å². The monoisotopic (exact) mass is 192 g/mol. The van der Waals surface area contributed by atoms with E-state index in [1.165, 1.54) is 9.58 Å². The van der Waals surface area contributed by atoms with Crippen molar-refractivity contribution in [3.05, 3.63) is 23.0 Å². The molecule has 13 heavy (non-hydrogen) atoms. The molecule has 0 aliphatic heterocycles. The van der Waals surface area contributed by atoms with Crippen molar-refractivity contribution in [1.29, 1.82) is 0 Å². The second-order valence-corrected chi connectivity index (χ2v) is 4.56. The second kappa shape index (κ2) is 3.07. The zero-order chi connectivity index (χ0) is 9.42. The van der Waals surface area contributed by atoms with Gasteiger partial charge in [0.1, 0.15) is 6.33 Å². The van der Waals surface area contributed by atoms with Crippen LogP contribution >= 0.6 is 11.3 Å². The summed E-state index contributed by atoms with van der Waals surface area (Å²) in [5.41, 5.74) is 2.17. The van der Waals surface area contributed by atoms with Gasteiger partial charge in [0.25, 0.3) is 0 Å². The topological polar surface area (TPSA) is 25.8 Å². The molecule has 0 aliphatic carbocycles. The molecule has 2 nitrogen and oxygen atoms in total. The average molecular weight is 192 g/mol. The predicted octanol–water partition coefficient (Wildman–Crippen LogP) is 3.12. The van der Waals surface area contributed by atoms with Crippen LogP contribution in [0.3, 0.4) is 0 Å². The smallest absolute Gasteiger partial charge is 0.116 e. The normalized spacial score (nSPS) is 11.4. The molecule has 0 aromatic carbocycles. The van der Waals surface area contributed by atoms with E-state index < -0.39 is 0 Å². The van der Waals surface area contributed by atoms with E-state index in [-0.39, 0.29) is 0 Å². The third kappa shape index (κ3) is 1.44. The summed E-state index contributed by atoms with van der Waals surface area (Å²) in [5.74, 6) is 0.582. The van der Waals surface area contributed by atoms with Crippen LogP contribution in [0.5, 0.6) is 0 Å². The van der Waals surface area contributed by atoms with Gasteiger partial charge in [-0.2, -0.15) is 0 Å². The van der Waals surface area contributed by atoms with E-state index in [9.17, 15) is 0 Å². The summed E-state index contributed by atoms with van der Waals surface area (Å²) in [7, 11) is 0. The van der Waals surface area contributed by atoms with Crippen molar-refractivity contribution in [3.8, 4) is 0 Å². The molecular weight excluding hydrogens is 180 g/mol. The minimum atomic E-state index is 0.582. The molecule has 0 N–H and O–H groups in total. The van der Waals surface area contributed by atoms with Crippen molar-refractivity contribution in [2.75, 3.05) is 0 Å². The highest BCUT2D eigenvalue weighted by Gasteiger charge is 2.07. The van der Waals surface area contributed by atoms with Crippen LogP contribution in [0.4, 0.5) is 0 Å². The number of fused-ring (bicyclic) bond motifs is 1. The van der Waals surface area contributed by atoms with Gasteiger partial charge in [0, 0.05) is 4.88 Å². The van der Waals surface area contributed by atoms with Crippen LogP contribution in [0.15, 0.2) is 12.4 Å². The van der Waals surface area contributed by atoms with Gasteiger partial charge in [-0.15, -0.1) is 11.3 Å². The first kappa shape index (κ1) is 8.63. The Hall–Kier alpha value is -0.960. The van der Waals surface area contributed by atoms with Crippen LogP contribution in [-0.4, -0.2) is 9.97 Å². The molecule has 0 fully saturated rings. The molecule has 0 saturated heterocycles. The fourth-order valence-corrected chi connectivity index (χ4v) is 2.33. The third-order valence-corrected chi connectivity index (χ3v) is 3.61. The molecule has 0 saturated carbocycles. The first-order valence-corrected chi connectivity index (χ1v) is 5.21. The molecule has 68 valence electrons. The van der Waals surface area contributed by atoms with Gasteiger partial charge in [0.2, 0.25) is 0 Å². The summed E-state index contributed by atoms with van der Waals surface area (Å²) >= 11 is 1.81. The molecular formula is C10H12N2S. The molecule has 0 bridgehead atoms. The van der Waals surface area contributed by atoms with Crippen molar-refractivity contribution < 1.29 is 0 Å². The summed E-state index contributed by atoms with van der Waals surface area (Å²) < 4.78 is 1.23. The SMILES string of the molecule is Cc1ncnc2cc(C(C)C)sc12. The van der Waals surface area contributed by atoms with Gasteiger partial charge in [-0.3, -0.25) is 0 Å². The molecule has 0 atom stereocenters. The van der Waals surface area contributed by atoms with Gasteiger partial charge in [0.05, 0.1) is 15.9 Å². The van der Waals surface area contributed by atoms with Crippen LogP contribution in [0.2, 0.25) is 0 Å². The fourth-order valence-electron chi connectivity index (χ4n) is 1.28. The predicted molar refractivity (Wildman–Crippen MR) is 56.2 cm³/mol. The standard InChI is InChI=1S/C10H12N2S/c1-6(2)9-4-8-10(13-9)7(3)11-5-12-8/h4-6H,1-3H3. The molecule has 0 aliphatic rings. The number of thiophene rings is 1. The van der Waals surface area contributed by atoms with Crippen LogP contribution in [0.1, 0.15) is 30.3 Å². The number of rotatable bonds is 1. The van der Waals surface area contributed by atoms with Crippen molar-refractivity contribution in [3.63, 3.8) is 0 Å². The van der Waals surface area contributed by atoms with E-state index in [0.717, 1.165) is 11.2 Å². The number of aryl methyl sites for hydroxylation is 1. The van der Waals surface area contributed by atoms with Crippen LogP contribution in [0, 0.1) is 6.92 Å². The second-order valence-electron chi connectivity index (χ2n) is 3.48. The maximum absolute atomic E-state index is 4.24. The molecule has 0 radical (unpaired) electrons. The number of hydrogen-bond donors (Lipinski definition) is 0. The summed E-state index contributed by atoms with van der Waals surface area (Å²) in [5, 5.41) is 0. The van der Waals surface area contributed by atoms with Crippen LogP contribution in [-0.2, 0) is 0 Å². The molecule has 2 aromatic rings. The molecule has 3 heteroatoms. The van der Waals surface area contributed by atoms with Crippen molar-refractivity contribution in [1.82, 2.24) is 9.97 Å². The highest BCUT2D eigenvalue weighted by Crippen LogP contribution is 2.30. The van der Waals surface area contributed by atoms with Gasteiger partial charge in [-0.25, -0.2) is 9.97 Å². The Labute approximate surface area is 81.7 Å². The maximum atomic E-state index is 4.24. The van der Waals surface area contributed by atoms with Gasteiger partial charge in [-0.1, -0.05) is 13.8 Å². The lowest BCUT2D eigenvalue weighted by Gasteiger charge is -1.96. The van der Waals surface area contributed by atoms with Crippen LogP contribution in [0.25, 0.3) is 10.2 Å². The van der Waals surface area contributed by atoms with E-state index in [4.69, 9.17) is 0 Å².